The van der Waals surface area contributed by atoms with Crippen molar-refractivity contribution in [2.45, 2.75) is 31.7 Å². The Morgan fingerprint density at radius 3 is 2.45 bits per heavy atom. The second-order valence-electron chi connectivity index (χ2n) is 4.98. The first-order valence-corrected chi connectivity index (χ1v) is 6.53. The summed E-state index contributed by atoms with van der Waals surface area (Å²) in [4.78, 5) is 24.9. The fourth-order valence-electron chi connectivity index (χ4n) is 2.56. The number of nitrogens with zero attached hydrogens (tertiary/aromatic N) is 1. The van der Waals surface area contributed by atoms with Gasteiger partial charge in [-0.05, 0) is 31.4 Å². The summed E-state index contributed by atoms with van der Waals surface area (Å²) in [5, 5.41) is 0. The van der Waals surface area contributed by atoms with Crippen molar-refractivity contribution in [2.75, 3.05) is 6.54 Å². The van der Waals surface area contributed by atoms with E-state index in [-0.39, 0.29) is 18.0 Å². The van der Waals surface area contributed by atoms with Crippen molar-refractivity contribution in [3.8, 4) is 0 Å². The Bertz CT molecular complexity index is 514. The van der Waals surface area contributed by atoms with Gasteiger partial charge in [0.25, 0.3) is 5.91 Å². The molecule has 1 aliphatic rings. The average molecular weight is 282 g/mol. The van der Waals surface area contributed by atoms with Gasteiger partial charge < -0.3 is 10.6 Å². The molecule has 1 heterocycles. The lowest BCUT2D eigenvalue weighted by molar-refractivity contribution is -0.119. The molecule has 1 saturated heterocycles. The average Bonchev–Trinajstić information content (AvgIpc) is 2.36. The minimum atomic E-state index is -0.795. The van der Waals surface area contributed by atoms with Crippen LogP contribution in [-0.2, 0) is 4.79 Å². The molecular formula is C14H16F2N2O2. The van der Waals surface area contributed by atoms with E-state index in [2.05, 4.69) is 0 Å². The van der Waals surface area contributed by atoms with Gasteiger partial charge in [0.15, 0.2) is 0 Å². The highest BCUT2D eigenvalue weighted by Gasteiger charge is 2.29. The summed E-state index contributed by atoms with van der Waals surface area (Å²) in [5.74, 6) is -2.54. The normalized spacial score (nSPS) is 18.9. The molecule has 0 radical (unpaired) electrons. The standard InChI is InChI=1S/C14H16F2N2O2/c15-10-5-9(6-11(16)7-10)14(20)18-4-2-1-3-12(18)8-13(17)19/h5-7,12H,1-4,8H2,(H2,17,19)/t12-/m1/s1. The van der Waals surface area contributed by atoms with Crippen LogP contribution in [-0.4, -0.2) is 29.3 Å². The Morgan fingerprint density at radius 2 is 1.85 bits per heavy atom. The molecule has 0 spiro atoms. The van der Waals surface area contributed by atoms with E-state index < -0.39 is 23.4 Å². The molecular weight excluding hydrogens is 266 g/mol. The predicted molar refractivity (Wildman–Crippen MR) is 68.8 cm³/mol. The maximum Gasteiger partial charge on any atom is 0.254 e. The first-order chi connectivity index (χ1) is 9.47. The van der Waals surface area contributed by atoms with E-state index in [0.717, 1.165) is 25.0 Å². The van der Waals surface area contributed by atoms with Gasteiger partial charge in [0.2, 0.25) is 5.91 Å². The molecule has 4 nitrogen and oxygen atoms in total. The lowest BCUT2D eigenvalue weighted by atomic mass is 9.98. The van der Waals surface area contributed by atoms with Crippen molar-refractivity contribution < 1.29 is 18.4 Å². The molecule has 2 N–H and O–H groups in total. The number of carbonyl (C=O) groups is 2. The van der Waals surface area contributed by atoms with Crippen LogP contribution in [0.1, 0.15) is 36.0 Å². The van der Waals surface area contributed by atoms with E-state index in [0.29, 0.717) is 19.0 Å². The molecule has 1 aliphatic heterocycles. The van der Waals surface area contributed by atoms with Crippen molar-refractivity contribution in [1.82, 2.24) is 4.90 Å². The Hall–Kier alpha value is -1.98. The molecule has 0 saturated carbocycles. The van der Waals surface area contributed by atoms with Gasteiger partial charge in [0.05, 0.1) is 0 Å². The van der Waals surface area contributed by atoms with Crippen molar-refractivity contribution in [3.05, 3.63) is 35.4 Å². The SMILES string of the molecule is NC(=O)C[C@H]1CCCCN1C(=O)c1cc(F)cc(F)c1. The van der Waals surface area contributed by atoms with Crippen LogP contribution < -0.4 is 5.73 Å². The molecule has 2 amide bonds. The topological polar surface area (TPSA) is 63.4 Å². The first-order valence-electron chi connectivity index (χ1n) is 6.53. The third kappa shape index (κ3) is 3.31. The van der Waals surface area contributed by atoms with E-state index in [1.165, 1.54) is 4.90 Å². The highest BCUT2D eigenvalue weighted by molar-refractivity contribution is 5.94. The summed E-state index contributed by atoms with van der Waals surface area (Å²) in [6, 6.07) is 2.43. The highest BCUT2D eigenvalue weighted by Crippen LogP contribution is 2.22. The summed E-state index contributed by atoms with van der Waals surface area (Å²) in [7, 11) is 0. The molecule has 0 aliphatic carbocycles. The zero-order valence-corrected chi connectivity index (χ0v) is 10.9. The maximum absolute atomic E-state index is 13.2. The van der Waals surface area contributed by atoms with Gasteiger partial charge in [-0.15, -0.1) is 0 Å². The van der Waals surface area contributed by atoms with Crippen LogP contribution in [0.25, 0.3) is 0 Å². The van der Waals surface area contributed by atoms with Crippen LogP contribution in [0.5, 0.6) is 0 Å². The highest BCUT2D eigenvalue weighted by atomic mass is 19.1. The molecule has 1 atom stereocenters. The molecule has 0 unspecified atom stereocenters. The Kier molecular flexibility index (Phi) is 4.32. The minimum Gasteiger partial charge on any atom is -0.370 e. The van der Waals surface area contributed by atoms with Gasteiger partial charge in [-0.3, -0.25) is 9.59 Å². The number of primary amides is 1. The quantitative estimate of drug-likeness (QED) is 0.919. The van der Waals surface area contributed by atoms with Crippen LogP contribution in [0.2, 0.25) is 0 Å². The largest absolute Gasteiger partial charge is 0.370 e. The van der Waals surface area contributed by atoms with E-state index in [1.807, 2.05) is 0 Å². The van der Waals surface area contributed by atoms with E-state index in [1.54, 1.807) is 0 Å². The van der Waals surface area contributed by atoms with Crippen molar-refractivity contribution >= 4 is 11.8 Å². The van der Waals surface area contributed by atoms with Crippen molar-refractivity contribution in [2.24, 2.45) is 5.73 Å². The molecule has 108 valence electrons. The first kappa shape index (κ1) is 14.4. The zero-order valence-electron chi connectivity index (χ0n) is 10.9. The fraction of sp³-hybridized carbons (Fsp3) is 0.429. The smallest absolute Gasteiger partial charge is 0.254 e. The molecule has 0 aromatic heterocycles. The number of benzene rings is 1. The molecule has 20 heavy (non-hydrogen) atoms. The molecule has 2 rings (SSSR count). The summed E-state index contributed by atoms with van der Waals surface area (Å²) in [6.45, 7) is 0.467. The molecule has 6 heteroatoms. The van der Waals surface area contributed by atoms with Crippen molar-refractivity contribution in [1.29, 1.82) is 0 Å². The third-order valence-electron chi connectivity index (χ3n) is 3.43. The summed E-state index contributed by atoms with van der Waals surface area (Å²) in [6.07, 6.45) is 2.45. The number of nitrogens with two attached hydrogens (primary N) is 1. The lowest BCUT2D eigenvalue weighted by Crippen LogP contribution is -2.45. The number of carbonyl (C=O) groups excluding carboxylic acids is 2. The van der Waals surface area contributed by atoms with Crippen LogP contribution >= 0.6 is 0 Å². The van der Waals surface area contributed by atoms with Gasteiger partial charge in [-0.2, -0.15) is 0 Å². The lowest BCUT2D eigenvalue weighted by Gasteiger charge is -2.35. The fourth-order valence-corrected chi connectivity index (χ4v) is 2.56. The molecule has 0 bridgehead atoms. The number of piperidine rings is 1. The number of hydrogen-bond acceptors (Lipinski definition) is 2. The number of amides is 2. The summed E-state index contributed by atoms with van der Waals surface area (Å²) < 4.78 is 26.4. The monoisotopic (exact) mass is 282 g/mol. The van der Waals surface area contributed by atoms with E-state index in [4.69, 9.17) is 5.73 Å². The number of hydrogen-bond donors (Lipinski definition) is 1. The zero-order chi connectivity index (χ0) is 14.7. The molecule has 1 aromatic carbocycles. The second kappa shape index (κ2) is 5.98. The molecule has 1 fully saturated rings. The molecule has 1 aromatic rings. The van der Waals surface area contributed by atoms with E-state index >= 15 is 0 Å². The Labute approximate surface area is 115 Å². The number of likely N-dealkylation sites (tertiary alicyclic amines) is 1. The summed E-state index contributed by atoms with van der Waals surface area (Å²) in [5.41, 5.74) is 5.13. The van der Waals surface area contributed by atoms with Gasteiger partial charge in [-0.25, -0.2) is 8.78 Å². The Balaban J connectivity index is 2.22. The predicted octanol–water partition coefficient (Wildman–Crippen LogP) is 1.83. The number of halogens is 2. The number of rotatable bonds is 3. The van der Waals surface area contributed by atoms with Crippen molar-refractivity contribution in [3.63, 3.8) is 0 Å². The third-order valence-corrected chi connectivity index (χ3v) is 3.43. The van der Waals surface area contributed by atoms with Gasteiger partial charge in [0.1, 0.15) is 11.6 Å². The van der Waals surface area contributed by atoms with Crippen LogP contribution in [0.4, 0.5) is 8.78 Å². The second-order valence-corrected chi connectivity index (χ2v) is 4.98. The summed E-state index contributed by atoms with van der Waals surface area (Å²) >= 11 is 0. The van der Waals surface area contributed by atoms with Gasteiger partial charge in [-0.1, -0.05) is 0 Å². The van der Waals surface area contributed by atoms with Gasteiger partial charge >= 0.3 is 0 Å². The minimum absolute atomic E-state index is 0.0427. The van der Waals surface area contributed by atoms with Crippen LogP contribution in [0.3, 0.4) is 0 Å². The van der Waals surface area contributed by atoms with Crippen LogP contribution in [0.15, 0.2) is 18.2 Å². The van der Waals surface area contributed by atoms with Gasteiger partial charge in [0, 0.05) is 30.6 Å². The van der Waals surface area contributed by atoms with E-state index in [9.17, 15) is 18.4 Å². The Morgan fingerprint density at radius 1 is 1.20 bits per heavy atom. The maximum atomic E-state index is 13.2. The van der Waals surface area contributed by atoms with Crippen LogP contribution in [0, 0.1) is 11.6 Å².